The van der Waals surface area contributed by atoms with Gasteiger partial charge in [-0.25, -0.2) is 0 Å². The van der Waals surface area contributed by atoms with E-state index in [4.69, 9.17) is 23.2 Å². The van der Waals surface area contributed by atoms with Gasteiger partial charge in [-0.3, -0.25) is 0 Å². The zero-order valence-electron chi connectivity index (χ0n) is 7.08. The molecular weight excluding hydrogens is 179 g/mol. The number of halogens is 2. The number of alkyl halides is 1. The summed E-state index contributed by atoms with van der Waals surface area (Å²) >= 11 is 11.6. The molecule has 0 nitrogen and oxygen atoms in total. The highest BCUT2D eigenvalue weighted by atomic mass is 35.5. The lowest BCUT2D eigenvalue weighted by Gasteiger charge is -2.15. The smallest absolute Gasteiger partial charge is 0.0288 e. The summed E-state index contributed by atoms with van der Waals surface area (Å²) in [5.74, 6) is 0.700. The van der Waals surface area contributed by atoms with Gasteiger partial charge in [0.15, 0.2) is 0 Å². The molecule has 1 atom stereocenters. The Morgan fingerprint density at radius 2 is 2.00 bits per heavy atom. The molecule has 0 spiro atoms. The van der Waals surface area contributed by atoms with Gasteiger partial charge < -0.3 is 0 Å². The van der Waals surface area contributed by atoms with Gasteiger partial charge in [0.25, 0.3) is 0 Å². The van der Waals surface area contributed by atoms with Crippen molar-refractivity contribution < 1.29 is 0 Å². The minimum absolute atomic E-state index is 0.243. The molecule has 2 heteroatoms. The first kappa shape index (κ1) is 9.41. The van der Waals surface area contributed by atoms with Crippen molar-refractivity contribution in [3.05, 3.63) is 11.6 Å². The molecule has 0 saturated heterocycles. The first-order valence-corrected chi connectivity index (χ1v) is 4.74. The number of hydrogen-bond donors (Lipinski definition) is 0. The van der Waals surface area contributed by atoms with E-state index in [0.717, 1.165) is 11.5 Å². The van der Waals surface area contributed by atoms with Gasteiger partial charge in [-0.05, 0) is 23.7 Å². The second kappa shape index (κ2) is 2.67. The SMILES string of the molecule is C=C(Cl)CC1(CCl)CC1(C)C. The zero-order valence-corrected chi connectivity index (χ0v) is 8.60. The van der Waals surface area contributed by atoms with Gasteiger partial charge in [0.2, 0.25) is 0 Å². The molecule has 1 aliphatic rings. The van der Waals surface area contributed by atoms with E-state index < -0.39 is 0 Å². The Morgan fingerprint density at radius 1 is 1.55 bits per heavy atom. The summed E-state index contributed by atoms with van der Waals surface area (Å²) < 4.78 is 0. The van der Waals surface area contributed by atoms with Crippen molar-refractivity contribution in [1.82, 2.24) is 0 Å². The third-order valence-corrected chi connectivity index (χ3v) is 3.52. The first-order chi connectivity index (χ1) is 4.93. The number of allylic oxidation sites excluding steroid dienone is 1. The third kappa shape index (κ3) is 1.57. The molecular formula is C9H14Cl2. The fraction of sp³-hybridized carbons (Fsp3) is 0.778. The molecule has 0 aliphatic heterocycles. The molecule has 0 bridgehead atoms. The Bertz CT molecular complexity index is 184. The molecule has 0 aromatic heterocycles. The van der Waals surface area contributed by atoms with Gasteiger partial charge in [0.05, 0.1) is 0 Å². The number of rotatable bonds is 3. The van der Waals surface area contributed by atoms with E-state index in [2.05, 4.69) is 20.4 Å². The highest BCUT2D eigenvalue weighted by molar-refractivity contribution is 6.29. The summed E-state index contributed by atoms with van der Waals surface area (Å²) in [6, 6.07) is 0. The summed E-state index contributed by atoms with van der Waals surface area (Å²) in [5, 5.41) is 0.733. The maximum atomic E-state index is 5.88. The molecule has 11 heavy (non-hydrogen) atoms. The lowest BCUT2D eigenvalue weighted by molar-refractivity contribution is 0.426. The highest BCUT2D eigenvalue weighted by Gasteiger charge is 2.59. The summed E-state index contributed by atoms with van der Waals surface area (Å²) in [5.41, 5.74) is 0.611. The van der Waals surface area contributed by atoms with Crippen molar-refractivity contribution in [1.29, 1.82) is 0 Å². The van der Waals surface area contributed by atoms with E-state index in [1.807, 2.05) is 0 Å². The predicted molar refractivity (Wildman–Crippen MR) is 51.2 cm³/mol. The molecule has 1 fully saturated rings. The summed E-state index contributed by atoms with van der Waals surface area (Å²) in [7, 11) is 0. The molecule has 0 N–H and O–H groups in total. The zero-order chi connectivity index (χ0) is 8.70. The molecule has 0 amide bonds. The summed E-state index contributed by atoms with van der Waals surface area (Å²) in [4.78, 5) is 0. The van der Waals surface area contributed by atoms with Crippen molar-refractivity contribution in [3.8, 4) is 0 Å². The van der Waals surface area contributed by atoms with Crippen LogP contribution in [0, 0.1) is 10.8 Å². The van der Waals surface area contributed by atoms with Gasteiger partial charge in [-0.15, -0.1) is 11.6 Å². The Morgan fingerprint density at radius 3 is 2.09 bits per heavy atom. The van der Waals surface area contributed by atoms with Crippen molar-refractivity contribution in [2.45, 2.75) is 26.7 Å². The van der Waals surface area contributed by atoms with Gasteiger partial charge in [0, 0.05) is 10.9 Å². The van der Waals surface area contributed by atoms with Crippen molar-refractivity contribution in [2.75, 3.05) is 5.88 Å². The van der Waals surface area contributed by atoms with Crippen LogP contribution in [0.25, 0.3) is 0 Å². The first-order valence-electron chi connectivity index (χ1n) is 3.83. The van der Waals surface area contributed by atoms with Crippen LogP contribution in [0.2, 0.25) is 0 Å². The van der Waals surface area contributed by atoms with E-state index in [1.165, 1.54) is 6.42 Å². The fourth-order valence-electron chi connectivity index (χ4n) is 1.75. The molecule has 64 valence electrons. The molecule has 1 rings (SSSR count). The minimum atomic E-state index is 0.243. The Kier molecular flexibility index (Phi) is 2.28. The van der Waals surface area contributed by atoms with Crippen LogP contribution in [0.5, 0.6) is 0 Å². The van der Waals surface area contributed by atoms with Crippen LogP contribution >= 0.6 is 23.2 Å². The van der Waals surface area contributed by atoms with Gasteiger partial charge in [-0.2, -0.15) is 0 Å². The van der Waals surface area contributed by atoms with E-state index in [1.54, 1.807) is 0 Å². The predicted octanol–water partition coefficient (Wildman–Crippen LogP) is 3.78. The average molecular weight is 193 g/mol. The number of hydrogen-bond acceptors (Lipinski definition) is 0. The van der Waals surface area contributed by atoms with Gasteiger partial charge in [0.1, 0.15) is 0 Å². The second-order valence-corrected chi connectivity index (χ2v) is 4.97. The maximum absolute atomic E-state index is 5.88. The third-order valence-electron chi connectivity index (χ3n) is 2.88. The maximum Gasteiger partial charge on any atom is 0.0288 e. The summed E-state index contributed by atoms with van der Waals surface area (Å²) in [6.45, 7) is 8.16. The van der Waals surface area contributed by atoms with Crippen LogP contribution in [0.4, 0.5) is 0 Å². The van der Waals surface area contributed by atoms with Crippen molar-refractivity contribution in [2.24, 2.45) is 10.8 Å². The van der Waals surface area contributed by atoms with Gasteiger partial charge in [-0.1, -0.05) is 32.0 Å². The minimum Gasteiger partial charge on any atom is -0.126 e. The molecule has 0 radical (unpaired) electrons. The largest absolute Gasteiger partial charge is 0.126 e. The molecule has 1 unspecified atom stereocenters. The van der Waals surface area contributed by atoms with Crippen LogP contribution in [0.3, 0.4) is 0 Å². The van der Waals surface area contributed by atoms with E-state index in [9.17, 15) is 0 Å². The lowest BCUT2D eigenvalue weighted by atomic mass is 9.94. The summed E-state index contributed by atoms with van der Waals surface area (Å²) in [6.07, 6.45) is 2.04. The Labute approximate surface area is 78.6 Å². The van der Waals surface area contributed by atoms with E-state index >= 15 is 0 Å². The van der Waals surface area contributed by atoms with E-state index in [0.29, 0.717) is 11.3 Å². The fourth-order valence-corrected chi connectivity index (χ4v) is 2.55. The Balaban J connectivity index is 2.60. The Hall–Kier alpha value is 0.320. The molecule has 1 aliphatic carbocycles. The quantitative estimate of drug-likeness (QED) is 0.598. The topological polar surface area (TPSA) is 0 Å². The monoisotopic (exact) mass is 192 g/mol. The van der Waals surface area contributed by atoms with Crippen molar-refractivity contribution >= 4 is 23.2 Å². The van der Waals surface area contributed by atoms with Crippen LogP contribution in [-0.2, 0) is 0 Å². The standard InChI is InChI=1S/C9H14Cl2/c1-7(11)4-9(6-10)5-8(9,2)3/h1,4-6H2,2-3H3. The molecule has 0 aromatic rings. The molecule has 0 aromatic carbocycles. The highest BCUT2D eigenvalue weighted by Crippen LogP contribution is 2.67. The lowest BCUT2D eigenvalue weighted by Crippen LogP contribution is -2.10. The second-order valence-electron chi connectivity index (χ2n) is 4.17. The van der Waals surface area contributed by atoms with Crippen LogP contribution in [0.1, 0.15) is 26.7 Å². The van der Waals surface area contributed by atoms with E-state index in [-0.39, 0.29) is 5.41 Å². The normalized spacial score (nSPS) is 33.5. The van der Waals surface area contributed by atoms with Crippen LogP contribution in [0.15, 0.2) is 11.6 Å². The van der Waals surface area contributed by atoms with Crippen LogP contribution in [-0.4, -0.2) is 5.88 Å². The van der Waals surface area contributed by atoms with Gasteiger partial charge >= 0.3 is 0 Å². The molecule has 0 heterocycles. The van der Waals surface area contributed by atoms with Crippen LogP contribution < -0.4 is 0 Å². The molecule has 1 saturated carbocycles. The average Bonchev–Trinajstić information content (AvgIpc) is 2.33. The van der Waals surface area contributed by atoms with Crippen molar-refractivity contribution in [3.63, 3.8) is 0 Å².